The second kappa shape index (κ2) is 4.51. The molecule has 1 aromatic carbocycles. The smallest absolute Gasteiger partial charge is 0.110 e. The van der Waals surface area contributed by atoms with Crippen LogP contribution in [0.2, 0.25) is 0 Å². The second-order valence-corrected chi connectivity index (χ2v) is 4.28. The number of aryl methyl sites for hydroxylation is 1. The molecular weight excluding hydrogens is 206 g/mol. The third-order valence-electron chi connectivity index (χ3n) is 2.22. The molecule has 0 aliphatic heterocycles. The maximum absolute atomic E-state index is 4.16. The lowest BCUT2D eigenvalue weighted by Gasteiger charge is -2.00. The van der Waals surface area contributed by atoms with Gasteiger partial charge in [-0.05, 0) is 25.5 Å². The molecule has 1 heterocycles. The van der Waals surface area contributed by atoms with Crippen molar-refractivity contribution < 1.29 is 0 Å². The van der Waals surface area contributed by atoms with Gasteiger partial charge in [0.2, 0.25) is 0 Å². The van der Waals surface area contributed by atoms with Gasteiger partial charge < -0.3 is 5.32 Å². The van der Waals surface area contributed by atoms with E-state index >= 15 is 0 Å². The molecule has 0 saturated carbocycles. The summed E-state index contributed by atoms with van der Waals surface area (Å²) in [6.45, 7) is 2.90. The topological polar surface area (TPSA) is 37.8 Å². The summed E-state index contributed by atoms with van der Waals surface area (Å²) in [5.41, 5.74) is 3.39. The lowest BCUT2D eigenvalue weighted by molar-refractivity contribution is 0.830. The van der Waals surface area contributed by atoms with Crippen LogP contribution in [0.4, 0.5) is 0 Å². The second-order valence-electron chi connectivity index (χ2n) is 3.44. The van der Waals surface area contributed by atoms with Gasteiger partial charge >= 0.3 is 0 Å². The lowest BCUT2D eigenvalue weighted by atomic mass is 10.1. The first-order valence-electron chi connectivity index (χ1n) is 4.84. The van der Waals surface area contributed by atoms with Crippen LogP contribution in [0.25, 0.3) is 11.3 Å². The van der Waals surface area contributed by atoms with Crippen molar-refractivity contribution in [3.8, 4) is 11.3 Å². The number of hydrogen-bond acceptors (Lipinski definition) is 4. The Morgan fingerprint density at radius 2 is 2.00 bits per heavy atom. The molecule has 15 heavy (non-hydrogen) atoms. The zero-order chi connectivity index (χ0) is 10.7. The molecule has 0 radical (unpaired) electrons. The average molecular weight is 219 g/mol. The highest BCUT2D eigenvalue weighted by atomic mass is 32.1. The molecule has 78 valence electrons. The van der Waals surface area contributed by atoms with Crippen LogP contribution < -0.4 is 5.32 Å². The molecule has 4 heteroatoms. The molecule has 0 fully saturated rings. The van der Waals surface area contributed by atoms with E-state index in [0.29, 0.717) is 0 Å². The number of hydrogen-bond donors (Lipinski definition) is 1. The van der Waals surface area contributed by atoms with E-state index in [4.69, 9.17) is 0 Å². The molecule has 0 bridgehead atoms. The van der Waals surface area contributed by atoms with Crippen LogP contribution >= 0.6 is 11.5 Å². The number of nitrogens with one attached hydrogen (secondary N) is 1. The van der Waals surface area contributed by atoms with Crippen molar-refractivity contribution in [2.75, 3.05) is 7.05 Å². The molecule has 2 rings (SSSR count). The number of aromatic nitrogens is 2. The van der Waals surface area contributed by atoms with E-state index in [-0.39, 0.29) is 0 Å². The summed E-state index contributed by atoms with van der Waals surface area (Å²) in [6, 6.07) is 8.37. The molecule has 2 aromatic rings. The summed E-state index contributed by atoms with van der Waals surface area (Å²) in [5.74, 6) is 0. The van der Waals surface area contributed by atoms with Crippen LogP contribution in [0.15, 0.2) is 24.3 Å². The minimum Gasteiger partial charge on any atom is -0.315 e. The third kappa shape index (κ3) is 2.22. The van der Waals surface area contributed by atoms with E-state index in [2.05, 4.69) is 46.1 Å². The van der Waals surface area contributed by atoms with Gasteiger partial charge in [-0.3, -0.25) is 0 Å². The fraction of sp³-hybridized carbons (Fsp3) is 0.273. The molecule has 0 unspecified atom stereocenters. The Morgan fingerprint density at radius 1 is 1.27 bits per heavy atom. The highest BCUT2D eigenvalue weighted by Crippen LogP contribution is 2.23. The SMILES string of the molecule is CNCc1snnc1-c1ccc(C)cc1. The Balaban J connectivity index is 2.36. The van der Waals surface area contributed by atoms with Crippen LogP contribution in [0.5, 0.6) is 0 Å². The minimum absolute atomic E-state index is 0.820. The average Bonchev–Trinajstić information content (AvgIpc) is 2.68. The van der Waals surface area contributed by atoms with E-state index in [9.17, 15) is 0 Å². The highest BCUT2D eigenvalue weighted by Gasteiger charge is 2.08. The van der Waals surface area contributed by atoms with Crippen molar-refractivity contribution in [2.45, 2.75) is 13.5 Å². The molecule has 1 aromatic heterocycles. The first-order chi connectivity index (χ1) is 7.31. The summed E-state index contributed by atoms with van der Waals surface area (Å²) in [6.07, 6.45) is 0. The van der Waals surface area contributed by atoms with Gasteiger partial charge in [-0.1, -0.05) is 34.3 Å². The van der Waals surface area contributed by atoms with Crippen LogP contribution in [-0.2, 0) is 6.54 Å². The van der Waals surface area contributed by atoms with Crippen molar-refractivity contribution >= 4 is 11.5 Å². The normalized spacial score (nSPS) is 10.5. The minimum atomic E-state index is 0.820. The Hall–Kier alpha value is -1.26. The van der Waals surface area contributed by atoms with Gasteiger partial charge in [0.25, 0.3) is 0 Å². The molecule has 0 saturated heterocycles. The maximum atomic E-state index is 4.16. The number of rotatable bonds is 3. The highest BCUT2D eigenvalue weighted by molar-refractivity contribution is 7.05. The first kappa shape index (κ1) is 10.3. The quantitative estimate of drug-likeness (QED) is 0.860. The molecule has 0 spiro atoms. The molecule has 0 aliphatic carbocycles. The summed E-state index contributed by atoms with van der Waals surface area (Å²) >= 11 is 1.45. The first-order valence-corrected chi connectivity index (χ1v) is 5.61. The summed E-state index contributed by atoms with van der Waals surface area (Å²) < 4.78 is 3.99. The Morgan fingerprint density at radius 3 is 2.67 bits per heavy atom. The van der Waals surface area contributed by atoms with Gasteiger partial charge in [0.05, 0.1) is 4.88 Å². The van der Waals surface area contributed by atoms with Crippen molar-refractivity contribution in [1.29, 1.82) is 0 Å². The Bertz CT molecular complexity index is 433. The molecule has 0 aliphatic rings. The summed E-state index contributed by atoms with van der Waals surface area (Å²) in [7, 11) is 1.93. The summed E-state index contributed by atoms with van der Waals surface area (Å²) in [4.78, 5) is 1.18. The Labute approximate surface area is 93.3 Å². The van der Waals surface area contributed by atoms with E-state index in [0.717, 1.165) is 17.8 Å². The maximum Gasteiger partial charge on any atom is 0.110 e. The molecule has 0 atom stereocenters. The van der Waals surface area contributed by atoms with Gasteiger partial charge in [-0.2, -0.15) is 0 Å². The zero-order valence-electron chi connectivity index (χ0n) is 8.82. The van der Waals surface area contributed by atoms with Gasteiger partial charge in [0, 0.05) is 12.1 Å². The van der Waals surface area contributed by atoms with Crippen LogP contribution in [0.3, 0.4) is 0 Å². The van der Waals surface area contributed by atoms with Crippen molar-refractivity contribution in [3.63, 3.8) is 0 Å². The standard InChI is InChI=1S/C11H13N3S/c1-8-3-5-9(6-4-8)11-10(7-12-2)15-14-13-11/h3-6,12H,7H2,1-2H3. The largest absolute Gasteiger partial charge is 0.315 e. The molecular formula is C11H13N3S. The summed E-state index contributed by atoms with van der Waals surface area (Å²) in [5, 5.41) is 7.29. The van der Waals surface area contributed by atoms with E-state index in [1.165, 1.54) is 22.0 Å². The number of benzene rings is 1. The van der Waals surface area contributed by atoms with Crippen LogP contribution in [-0.4, -0.2) is 16.6 Å². The van der Waals surface area contributed by atoms with Gasteiger partial charge in [-0.25, -0.2) is 0 Å². The van der Waals surface area contributed by atoms with Crippen LogP contribution in [0.1, 0.15) is 10.4 Å². The predicted molar refractivity (Wildman–Crippen MR) is 62.8 cm³/mol. The lowest BCUT2D eigenvalue weighted by Crippen LogP contribution is -2.04. The van der Waals surface area contributed by atoms with Crippen molar-refractivity contribution in [3.05, 3.63) is 34.7 Å². The fourth-order valence-corrected chi connectivity index (χ4v) is 2.09. The van der Waals surface area contributed by atoms with E-state index in [1.807, 2.05) is 7.05 Å². The third-order valence-corrected chi connectivity index (χ3v) is 2.94. The predicted octanol–water partition coefficient (Wildman–Crippen LogP) is 2.23. The molecule has 3 nitrogen and oxygen atoms in total. The fourth-order valence-electron chi connectivity index (χ4n) is 1.42. The van der Waals surface area contributed by atoms with Crippen molar-refractivity contribution in [2.24, 2.45) is 0 Å². The van der Waals surface area contributed by atoms with E-state index < -0.39 is 0 Å². The van der Waals surface area contributed by atoms with Crippen molar-refractivity contribution in [1.82, 2.24) is 14.9 Å². The monoisotopic (exact) mass is 219 g/mol. The van der Waals surface area contributed by atoms with Gasteiger partial charge in [-0.15, -0.1) is 5.10 Å². The van der Waals surface area contributed by atoms with Crippen LogP contribution in [0, 0.1) is 6.92 Å². The Kier molecular flexibility index (Phi) is 3.08. The van der Waals surface area contributed by atoms with E-state index in [1.54, 1.807) is 0 Å². The molecule has 0 amide bonds. The van der Waals surface area contributed by atoms with Gasteiger partial charge in [0.1, 0.15) is 5.69 Å². The van der Waals surface area contributed by atoms with Gasteiger partial charge in [0.15, 0.2) is 0 Å². The molecule has 1 N–H and O–H groups in total. The zero-order valence-corrected chi connectivity index (χ0v) is 9.64. The number of nitrogens with zero attached hydrogens (tertiary/aromatic N) is 2.